The van der Waals surface area contributed by atoms with Crippen molar-refractivity contribution in [2.45, 2.75) is 43.9 Å². The number of hydrogen-bond acceptors (Lipinski definition) is 8. The van der Waals surface area contributed by atoms with Crippen LogP contribution in [-0.2, 0) is 16.1 Å². The van der Waals surface area contributed by atoms with Gasteiger partial charge in [0.1, 0.15) is 17.8 Å². The first-order valence-corrected chi connectivity index (χ1v) is 11.9. The van der Waals surface area contributed by atoms with Gasteiger partial charge in [-0.2, -0.15) is 5.26 Å². The molecule has 3 atom stereocenters. The molecule has 0 aliphatic carbocycles. The number of methoxy groups -OCH3 is 4. The van der Waals surface area contributed by atoms with Gasteiger partial charge in [0.25, 0.3) is 11.7 Å². The summed E-state index contributed by atoms with van der Waals surface area (Å²) in [5, 5.41) is 10.1. The monoisotopic (exact) mass is 507 g/mol. The zero-order valence-electron chi connectivity index (χ0n) is 21.2. The Morgan fingerprint density at radius 3 is 2.16 bits per heavy atom. The topological polar surface area (TPSA) is 118 Å². The Balaban J connectivity index is 1.64. The molecule has 0 saturated carbocycles. The molecule has 2 bridgehead atoms. The molecule has 37 heavy (non-hydrogen) atoms. The second-order valence-electron chi connectivity index (χ2n) is 8.86. The number of piperazine rings is 1. The van der Waals surface area contributed by atoms with E-state index in [1.54, 1.807) is 19.2 Å². The third kappa shape index (κ3) is 4.65. The summed E-state index contributed by atoms with van der Waals surface area (Å²) in [6.45, 7) is 0.219. The lowest BCUT2D eigenvalue weighted by Crippen LogP contribution is -2.69. The summed E-state index contributed by atoms with van der Waals surface area (Å²) in [6.07, 6.45) is 1.61. The number of ketones is 1. The molecule has 2 aromatic rings. The minimum atomic E-state index is -0.886. The Kier molecular flexibility index (Phi) is 7.53. The molecule has 0 radical (unpaired) electrons. The predicted octanol–water partition coefficient (Wildman–Crippen LogP) is 2.59. The van der Waals surface area contributed by atoms with Crippen LogP contribution in [0.15, 0.2) is 36.4 Å². The van der Waals surface area contributed by atoms with Gasteiger partial charge < -0.3 is 28.7 Å². The number of Topliss-reactive ketones (excluding diaryl/α,β-unsaturated/α-hetero) is 1. The van der Waals surface area contributed by atoms with Crippen molar-refractivity contribution >= 4 is 17.6 Å². The molecule has 2 aromatic carbocycles. The number of hydrogen-bond donors (Lipinski definition) is 0. The van der Waals surface area contributed by atoms with E-state index in [1.807, 2.05) is 12.1 Å². The maximum Gasteiger partial charge on any atom is 0.296 e. The van der Waals surface area contributed by atoms with Gasteiger partial charge in [-0.05, 0) is 49.1 Å². The molecule has 3 unspecified atom stereocenters. The molecule has 2 amide bonds. The number of benzene rings is 2. The van der Waals surface area contributed by atoms with Crippen molar-refractivity contribution in [3.8, 4) is 29.1 Å². The van der Waals surface area contributed by atoms with Crippen LogP contribution < -0.4 is 18.9 Å². The van der Waals surface area contributed by atoms with Crippen molar-refractivity contribution in [2.75, 3.05) is 28.4 Å². The number of fused-ring (bicyclic) bond motifs is 2. The van der Waals surface area contributed by atoms with Crippen LogP contribution in [-0.4, -0.2) is 74.0 Å². The van der Waals surface area contributed by atoms with Crippen LogP contribution >= 0.6 is 0 Å². The van der Waals surface area contributed by atoms with Gasteiger partial charge in [-0.1, -0.05) is 12.1 Å². The highest BCUT2D eigenvalue weighted by Crippen LogP contribution is 2.39. The van der Waals surface area contributed by atoms with Gasteiger partial charge in [-0.25, -0.2) is 0 Å². The number of likely N-dealkylation sites (tertiary alicyclic amines) is 1. The van der Waals surface area contributed by atoms with E-state index in [4.69, 9.17) is 18.9 Å². The summed E-state index contributed by atoms with van der Waals surface area (Å²) < 4.78 is 21.1. The van der Waals surface area contributed by atoms with Gasteiger partial charge in [0.15, 0.2) is 11.5 Å². The van der Waals surface area contributed by atoms with E-state index in [1.165, 1.54) is 43.3 Å². The van der Waals surface area contributed by atoms with Crippen LogP contribution in [0.5, 0.6) is 23.0 Å². The molecule has 2 aliphatic heterocycles. The lowest BCUT2D eigenvalue weighted by Gasteiger charge is -2.51. The summed E-state index contributed by atoms with van der Waals surface area (Å²) >= 11 is 0. The molecule has 194 valence electrons. The fraction of sp³-hybridized carbons (Fsp3) is 0.407. The molecule has 0 spiro atoms. The van der Waals surface area contributed by atoms with Crippen LogP contribution in [0.2, 0.25) is 0 Å². The molecule has 2 saturated heterocycles. The Morgan fingerprint density at radius 1 is 0.973 bits per heavy atom. The van der Waals surface area contributed by atoms with E-state index in [2.05, 4.69) is 6.07 Å². The number of carbonyl (C=O) groups is 3. The summed E-state index contributed by atoms with van der Waals surface area (Å²) in [6, 6.07) is 9.97. The molecular weight excluding hydrogens is 478 g/mol. The smallest absolute Gasteiger partial charge is 0.296 e. The van der Waals surface area contributed by atoms with Crippen molar-refractivity contribution in [3.05, 3.63) is 47.5 Å². The molecule has 10 nitrogen and oxygen atoms in total. The van der Waals surface area contributed by atoms with E-state index >= 15 is 0 Å². The van der Waals surface area contributed by atoms with Crippen LogP contribution in [0.3, 0.4) is 0 Å². The van der Waals surface area contributed by atoms with Crippen molar-refractivity contribution in [1.29, 1.82) is 5.26 Å². The molecule has 10 heteroatoms. The van der Waals surface area contributed by atoms with Gasteiger partial charge in [0.2, 0.25) is 11.7 Å². The number of amides is 2. The Bertz CT molecular complexity index is 1210. The first kappa shape index (κ1) is 25.8. The average Bonchev–Trinajstić information content (AvgIpc) is 2.94. The number of nitriles is 1. The fourth-order valence-corrected chi connectivity index (χ4v) is 5.12. The van der Waals surface area contributed by atoms with Gasteiger partial charge >= 0.3 is 0 Å². The standard InChI is InChI=1S/C27H29N3O7/c1-34-18-10-8-16(9-11-18)15-29-21(14-28)19-6-5-7-20(26(29)32)30(19)27(33)24(31)17-12-22(35-2)25(37-4)23(13-17)36-3/h8-13,19-21H,5-7,15H2,1-4H3. The van der Waals surface area contributed by atoms with Gasteiger partial charge in [0.05, 0.1) is 40.6 Å². The van der Waals surface area contributed by atoms with Crippen molar-refractivity contribution in [2.24, 2.45) is 0 Å². The van der Waals surface area contributed by atoms with Crippen LogP contribution in [0.1, 0.15) is 35.2 Å². The highest BCUT2D eigenvalue weighted by molar-refractivity contribution is 6.43. The number of rotatable bonds is 8. The highest BCUT2D eigenvalue weighted by atomic mass is 16.5. The molecule has 0 aromatic heterocycles. The summed E-state index contributed by atoms with van der Waals surface area (Å²) in [5.74, 6) is -0.556. The van der Waals surface area contributed by atoms with Crippen LogP contribution in [0, 0.1) is 11.3 Å². The lowest BCUT2D eigenvalue weighted by molar-refractivity contribution is -0.161. The van der Waals surface area contributed by atoms with E-state index in [9.17, 15) is 19.6 Å². The Labute approximate surface area is 215 Å². The Hall–Kier alpha value is -4.26. The van der Waals surface area contributed by atoms with Gasteiger partial charge in [-0.15, -0.1) is 0 Å². The molecular formula is C27H29N3O7. The summed E-state index contributed by atoms with van der Waals surface area (Å²) in [4.78, 5) is 43.4. The molecule has 2 heterocycles. The number of piperidine rings is 1. The number of carbonyl (C=O) groups excluding carboxylic acids is 3. The maximum atomic E-state index is 13.6. The maximum absolute atomic E-state index is 13.6. The third-order valence-electron chi connectivity index (χ3n) is 6.94. The minimum Gasteiger partial charge on any atom is -0.497 e. The minimum absolute atomic E-state index is 0.0409. The van der Waals surface area contributed by atoms with Crippen LogP contribution in [0.25, 0.3) is 0 Å². The van der Waals surface area contributed by atoms with Crippen molar-refractivity contribution < 1.29 is 33.3 Å². The Morgan fingerprint density at radius 2 is 1.62 bits per heavy atom. The molecule has 0 N–H and O–H groups in total. The lowest BCUT2D eigenvalue weighted by atomic mass is 9.84. The molecule has 2 aliphatic rings. The fourth-order valence-electron chi connectivity index (χ4n) is 5.12. The number of nitrogens with zero attached hydrogens (tertiary/aromatic N) is 3. The first-order chi connectivity index (χ1) is 17.9. The van der Waals surface area contributed by atoms with Gasteiger partial charge in [-0.3, -0.25) is 14.4 Å². The second kappa shape index (κ2) is 10.8. The normalized spacial score (nSPS) is 20.6. The third-order valence-corrected chi connectivity index (χ3v) is 6.94. The summed E-state index contributed by atoms with van der Waals surface area (Å²) in [7, 11) is 5.83. The van der Waals surface area contributed by atoms with Gasteiger partial charge in [0, 0.05) is 12.1 Å². The van der Waals surface area contributed by atoms with E-state index in [-0.39, 0.29) is 35.3 Å². The quantitative estimate of drug-likeness (QED) is 0.395. The summed E-state index contributed by atoms with van der Waals surface area (Å²) in [5.41, 5.74) is 0.875. The van der Waals surface area contributed by atoms with E-state index in [0.29, 0.717) is 25.0 Å². The largest absolute Gasteiger partial charge is 0.497 e. The van der Waals surface area contributed by atoms with E-state index < -0.39 is 29.8 Å². The van der Waals surface area contributed by atoms with Crippen molar-refractivity contribution in [1.82, 2.24) is 9.80 Å². The zero-order valence-corrected chi connectivity index (χ0v) is 21.2. The number of ether oxygens (including phenoxy) is 4. The first-order valence-electron chi connectivity index (χ1n) is 11.9. The second-order valence-corrected chi connectivity index (χ2v) is 8.86. The highest BCUT2D eigenvalue weighted by Gasteiger charge is 2.52. The SMILES string of the molecule is COc1ccc(CN2C(=O)C3CCCC(C2C#N)N3C(=O)C(=O)c2cc(OC)c(OC)c(OC)c2)cc1. The molecule has 4 rings (SSSR count). The van der Waals surface area contributed by atoms with Crippen molar-refractivity contribution in [3.63, 3.8) is 0 Å². The molecule has 2 fully saturated rings. The zero-order chi connectivity index (χ0) is 26.7. The predicted molar refractivity (Wildman–Crippen MR) is 132 cm³/mol. The van der Waals surface area contributed by atoms with E-state index in [0.717, 1.165) is 5.56 Å². The average molecular weight is 508 g/mol. The van der Waals surface area contributed by atoms with Crippen LogP contribution in [0.4, 0.5) is 0 Å².